The first kappa shape index (κ1) is 23.0. The summed E-state index contributed by atoms with van der Waals surface area (Å²) in [4.78, 5) is 26.1. The third kappa shape index (κ3) is 6.39. The standard InChI is InChI=1S/C23H24Cl2N2O4/c24-19-10-9-16(14-20(19)25)6-4-11-26-22(29)18-15-27(23(30)21(18)28)12-5-13-31-17-7-2-1-3-8-17/h1-3,7-10,14,28H,4-6,11-13,15H2,(H,26,29). The minimum Gasteiger partial charge on any atom is -0.503 e. The fourth-order valence-corrected chi connectivity index (χ4v) is 3.56. The van der Waals surface area contributed by atoms with Crippen molar-refractivity contribution in [1.82, 2.24) is 10.2 Å². The summed E-state index contributed by atoms with van der Waals surface area (Å²) in [7, 11) is 0. The summed E-state index contributed by atoms with van der Waals surface area (Å²) < 4.78 is 5.61. The Morgan fingerprint density at radius 3 is 2.61 bits per heavy atom. The molecule has 31 heavy (non-hydrogen) atoms. The van der Waals surface area contributed by atoms with Gasteiger partial charge in [-0.15, -0.1) is 0 Å². The molecular weight excluding hydrogens is 439 g/mol. The number of halogens is 2. The molecule has 0 aliphatic carbocycles. The molecule has 164 valence electrons. The zero-order valence-corrected chi connectivity index (χ0v) is 18.5. The summed E-state index contributed by atoms with van der Waals surface area (Å²) in [5.74, 6) is -0.674. The summed E-state index contributed by atoms with van der Waals surface area (Å²) in [5.41, 5.74) is 1.12. The van der Waals surface area contributed by atoms with Crippen LogP contribution in [0.3, 0.4) is 0 Å². The van der Waals surface area contributed by atoms with Crippen LogP contribution in [0, 0.1) is 0 Å². The minimum atomic E-state index is -0.527. The van der Waals surface area contributed by atoms with Crippen LogP contribution in [0.15, 0.2) is 59.9 Å². The van der Waals surface area contributed by atoms with E-state index in [9.17, 15) is 14.7 Å². The van der Waals surface area contributed by atoms with Gasteiger partial charge in [-0.3, -0.25) is 9.59 Å². The lowest BCUT2D eigenvalue weighted by Crippen LogP contribution is -2.32. The molecule has 1 heterocycles. The first-order valence-electron chi connectivity index (χ1n) is 10.1. The first-order chi connectivity index (χ1) is 15.0. The quantitative estimate of drug-likeness (QED) is 0.519. The highest BCUT2D eigenvalue weighted by atomic mass is 35.5. The van der Waals surface area contributed by atoms with Crippen molar-refractivity contribution in [2.24, 2.45) is 0 Å². The van der Waals surface area contributed by atoms with Crippen LogP contribution in [0.25, 0.3) is 0 Å². The van der Waals surface area contributed by atoms with E-state index < -0.39 is 17.6 Å². The monoisotopic (exact) mass is 462 g/mol. The van der Waals surface area contributed by atoms with Crippen molar-refractivity contribution in [2.45, 2.75) is 19.3 Å². The van der Waals surface area contributed by atoms with Gasteiger partial charge in [-0.25, -0.2) is 0 Å². The summed E-state index contributed by atoms with van der Waals surface area (Å²) >= 11 is 11.9. The number of benzene rings is 2. The number of aliphatic hydroxyl groups is 1. The summed E-state index contributed by atoms with van der Waals surface area (Å²) in [6.07, 6.45) is 1.99. The van der Waals surface area contributed by atoms with Gasteiger partial charge in [0.15, 0.2) is 5.76 Å². The van der Waals surface area contributed by atoms with Crippen molar-refractivity contribution >= 4 is 35.0 Å². The van der Waals surface area contributed by atoms with Crippen molar-refractivity contribution < 1.29 is 19.4 Å². The predicted octanol–water partition coefficient (Wildman–Crippen LogP) is 4.17. The van der Waals surface area contributed by atoms with Crippen molar-refractivity contribution in [1.29, 1.82) is 0 Å². The van der Waals surface area contributed by atoms with Gasteiger partial charge in [0.05, 0.1) is 28.8 Å². The zero-order valence-electron chi connectivity index (χ0n) is 16.9. The number of para-hydroxylation sites is 1. The molecule has 0 spiro atoms. The lowest BCUT2D eigenvalue weighted by atomic mass is 10.1. The predicted molar refractivity (Wildman–Crippen MR) is 121 cm³/mol. The van der Waals surface area contributed by atoms with Gasteiger partial charge in [0.25, 0.3) is 11.8 Å². The van der Waals surface area contributed by atoms with E-state index >= 15 is 0 Å². The van der Waals surface area contributed by atoms with Crippen LogP contribution in [0.1, 0.15) is 18.4 Å². The number of nitrogens with zero attached hydrogens (tertiary/aromatic N) is 1. The van der Waals surface area contributed by atoms with E-state index in [0.29, 0.717) is 49.0 Å². The molecule has 1 aliphatic rings. The highest BCUT2D eigenvalue weighted by molar-refractivity contribution is 6.42. The lowest BCUT2D eigenvalue weighted by molar-refractivity contribution is -0.127. The average molecular weight is 463 g/mol. The van der Waals surface area contributed by atoms with Gasteiger partial charge in [0.1, 0.15) is 5.75 Å². The Kier molecular flexibility index (Phi) is 8.20. The van der Waals surface area contributed by atoms with Crippen molar-refractivity contribution in [3.8, 4) is 5.75 Å². The first-order valence-corrected chi connectivity index (χ1v) is 10.8. The maximum atomic E-state index is 12.4. The Hall–Kier alpha value is -2.70. The highest BCUT2D eigenvalue weighted by Gasteiger charge is 2.33. The molecule has 2 aromatic carbocycles. The molecule has 1 aliphatic heterocycles. The second kappa shape index (κ2) is 11.1. The third-order valence-corrected chi connectivity index (χ3v) is 5.63. The van der Waals surface area contributed by atoms with Crippen LogP contribution < -0.4 is 10.1 Å². The van der Waals surface area contributed by atoms with Gasteiger partial charge in [-0.1, -0.05) is 47.5 Å². The molecule has 0 fully saturated rings. The molecule has 0 atom stereocenters. The highest BCUT2D eigenvalue weighted by Crippen LogP contribution is 2.23. The number of carbonyl (C=O) groups is 2. The SMILES string of the molecule is O=C(NCCCc1ccc(Cl)c(Cl)c1)C1=C(O)C(=O)N(CCCOc2ccccc2)C1. The molecule has 0 radical (unpaired) electrons. The van der Waals surface area contributed by atoms with Crippen LogP contribution in [-0.2, 0) is 16.0 Å². The zero-order chi connectivity index (χ0) is 22.2. The Morgan fingerprint density at radius 2 is 1.87 bits per heavy atom. The van der Waals surface area contributed by atoms with E-state index in [1.807, 2.05) is 36.4 Å². The third-order valence-electron chi connectivity index (χ3n) is 4.89. The number of nitrogens with one attached hydrogen (secondary N) is 1. The Morgan fingerprint density at radius 1 is 1.10 bits per heavy atom. The summed E-state index contributed by atoms with van der Waals surface area (Å²) in [6.45, 7) is 1.33. The molecule has 0 saturated heterocycles. The van der Waals surface area contributed by atoms with Crippen LogP contribution in [-0.4, -0.2) is 48.1 Å². The molecule has 3 rings (SSSR count). The molecule has 2 N–H and O–H groups in total. The van der Waals surface area contributed by atoms with Crippen molar-refractivity contribution in [3.05, 3.63) is 75.5 Å². The van der Waals surface area contributed by atoms with E-state index in [1.54, 1.807) is 12.1 Å². The fourth-order valence-electron chi connectivity index (χ4n) is 3.23. The molecule has 2 amide bonds. The van der Waals surface area contributed by atoms with E-state index in [-0.39, 0.29) is 12.1 Å². The number of amides is 2. The minimum absolute atomic E-state index is 0.0919. The number of aliphatic hydroxyl groups excluding tert-OH is 1. The molecule has 8 heteroatoms. The van der Waals surface area contributed by atoms with Crippen molar-refractivity contribution in [2.75, 3.05) is 26.2 Å². The van der Waals surface area contributed by atoms with Gasteiger partial charge < -0.3 is 20.1 Å². The number of hydrogen-bond donors (Lipinski definition) is 2. The molecule has 6 nitrogen and oxygen atoms in total. The number of carbonyl (C=O) groups excluding carboxylic acids is 2. The van der Waals surface area contributed by atoms with Crippen LogP contribution in [0.4, 0.5) is 0 Å². The Labute approximate surface area is 191 Å². The fraction of sp³-hybridized carbons (Fsp3) is 0.304. The van der Waals surface area contributed by atoms with Gasteiger partial charge in [0.2, 0.25) is 0 Å². The second-order valence-electron chi connectivity index (χ2n) is 7.18. The topological polar surface area (TPSA) is 78.9 Å². The van der Waals surface area contributed by atoms with Crippen LogP contribution in [0.5, 0.6) is 5.75 Å². The van der Waals surface area contributed by atoms with Crippen molar-refractivity contribution in [3.63, 3.8) is 0 Å². The lowest BCUT2D eigenvalue weighted by Gasteiger charge is -2.16. The number of hydrogen-bond acceptors (Lipinski definition) is 4. The number of ether oxygens (including phenoxy) is 1. The molecule has 2 aromatic rings. The normalized spacial score (nSPS) is 13.6. The van der Waals surface area contributed by atoms with Gasteiger partial charge in [0, 0.05) is 13.1 Å². The number of rotatable bonds is 10. The average Bonchev–Trinajstić information content (AvgIpc) is 3.06. The van der Waals surface area contributed by atoms with E-state index in [2.05, 4.69) is 5.32 Å². The second-order valence-corrected chi connectivity index (χ2v) is 7.99. The summed E-state index contributed by atoms with van der Waals surface area (Å²) in [5, 5.41) is 13.9. The van der Waals surface area contributed by atoms with Crippen LogP contribution in [0.2, 0.25) is 10.0 Å². The van der Waals surface area contributed by atoms with Gasteiger partial charge >= 0.3 is 0 Å². The number of aryl methyl sites for hydroxylation is 1. The van der Waals surface area contributed by atoms with E-state index in [4.69, 9.17) is 27.9 Å². The van der Waals surface area contributed by atoms with Crippen LogP contribution >= 0.6 is 23.2 Å². The molecule has 0 aromatic heterocycles. The van der Waals surface area contributed by atoms with E-state index in [1.165, 1.54) is 4.90 Å². The maximum absolute atomic E-state index is 12.4. The summed E-state index contributed by atoms with van der Waals surface area (Å²) in [6, 6.07) is 14.8. The largest absolute Gasteiger partial charge is 0.503 e. The Bertz CT molecular complexity index is 963. The molecule has 0 unspecified atom stereocenters. The maximum Gasteiger partial charge on any atom is 0.289 e. The van der Waals surface area contributed by atoms with Gasteiger partial charge in [-0.2, -0.15) is 0 Å². The Balaban J connectivity index is 1.39. The van der Waals surface area contributed by atoms with Gasteiger partial charge in [-0.05, 0) is 49.1 Å². The van der Waals surface area contributed by atoms with E-state index in [0.717, 1.165) is 11.3 Å². The molecule has 0 bridgehead atoms. The smallest absolute Gasteiger partial charge is 0.289 e. The molecular formula is C23H24Cl2N2O4. The molecule has 0 saturated carbocycles.